The number of hydrogen-bond donors (Lipinski definition) is 0. The predicted octanol–water partition coefficient (Wildman–Crippen LogP) is 1.79. The van der Waals surface area contributed by atoms with Gasteiger partial charge in [0.05, 0.1) is 18.0 Å². The maximum atomic E-state index is 12.0. The first-order chi connectivity index (χ1) is 9.06. The van der Waals surface area contributed by atoms with E-state index in [0.717, 1.165) is 35.7 Å². The maximum absolute atomic E-state index is 12.0. The van der Waals surface area contributed by atoms with E-state index < -0.39 is 0 Å². The molecule has 0 N–H and O–H groups in total. The molecule has 1 fully saturated rings. The molecule has 1 amide bonds. The van der Waals surface area contributed by atoms with Crippen LogP contribution in [0, 0.1) is 6.92 Å². The largest absolute Gasteiger partial charge is 0.342 e. The number of Topliss-reactive ketones (excluding diaryl/α,β-unsaturated/α-hetero) is 1. The zero-order valence-electron chi connectivity index (χ0n) is 11.5. The van der Waals surface area contributed by atoms with Crippen LogP contribution in [0.4, 0.5) is 0 Å². The highest BCUT2D eigenvalue weighted by Gasteiger charge is 2.20. The van der Waals surface area contributed by atoms with Gasteiger partial charge in [-0.05, 0) is 38.9 Å². The Hall–Kier alpha value is -1.20. The van der Waals surface area contributed by atoms with Crippen LogP contribution >= 0.6 is 11.3 Å². The van der Waals surface area contributed by atoms with Crippen LogP contribution in [0.25, 0.3) is 0 Å². The number of thiophene rings is 1. The zero-order chi connectivity index (χ0) is 13.8. The van der Waals surface area contributed by atoms with Crippen LogP contribution in [-0.2, 0) is 4.79 Å². The molecule has 2 rings (SSSR count). The second-order valence-corrected chi connectivity index (χ2v) is 6.38. The quantitative estimate of drug-likeness (QED) is 0.772. The van der Waals surface area contributed by atoms with Gasteiger partial charge in [0.2, 0.25) is 5.91 Å². The van der Waals surface area contributed by atoms with Crippen molar-refractivity contribution in [2.75, 3.05) is 33.2 Å². The molecule has 4 nitrogen and oxygen atoms in total. The summed E-state index contributed by atoms with van der Waals surface area (Å²) < 4.78 is 0. The fraction of sp³-hybridized carbons (Fsp3) is 0.571. The van der Waals surface area contributed by atoms with Gasteiger partial charge in [-0.15, -0.1) is 11.3 Å². The van der Waals surface area contributed by atoms with Gasteiger partial charge in [-0.25, -0.2) is 0 Å². The first kappa shape index (κ1) is 14.2. The van der Waals surface area contributed by atoms with E-state index in [1.807, 2.05) is 31.0 Å². The maximum Gasteiger partial charge on any atom is 0.236 e. The number of nitrogens with zero attached hydrogens (tertiary/aromatic N) is 2. The summed E-state index contributed by atoms with van der Waals surface area (Å²) in [5.74, 6) is 0.227. The fourth-order valence-electron chi connectivity index (χ4n) is 2.26. The fourth-order valence-corrected chi connectivity index (χ4v) is 3.06. The summed E-state index contributed by atoms with van der Waals surface area (Å²) in [6, 6.07) is 3.81. The number of carbonyl (C=O) groups is 2. The normalized spacial score (nSPS) is 15.2. The molecule has 1 aliphatic rings. The standard InChI is InChI=1S/C14H20N2O2S/c1-11-5-6-13(19-11)12(17)9-15(2)10-14(18)16-7-3-4-8-16/h5-6H,3-4,7-10H2,1-2H3. The summed E-state index contributed by atoms with van der Waals surface area (Å²) in [5, 5.41) is 0. The molecule has 0 aliphatic carbocycles. The third-order valence-electron chi connectivity index (χ3n) is 3.29. The Kier molecular flexibility index (Phi) is 4.71. The van der Waals surface area contributed by atoms with Crippen molar-refractivity contribution in [3.05, 3.63) is 21.9 Å². The SMILES string of the molecule is Cc1ccc(C(=O)CN(C)CC(=O)N2CCCC2)s1. The van der Waals surface area contributed by atoms with E-state index in [9.17, 15) is 9.59 Å². The lowest BCUT2D eigenvalue weighted by atomic mass is 10.3. The van der Waals surface area contributed by atoms with Crippen molar-refractivity contribution in [3.8, 4) is 0 Å². The number of ketones is 1. The number of carbonyl (C=O) groups excluding carboxylic acids is 2. The molecule has 1 aliphatic heterocycles. The Labute approximate surface area is 118 Å². The Morgan fingerprint density at radius 3 is 2.53 bits per heavy atom. The number of likely N-dealkylation sites (N-methyl/N-ethyl adjacent to an activating group) is 1. The molecule has 1 saturated heterocycles. The number of aryl methyl sites for hydroxylation is 1. The van der Waals surface area contributed by atoms with E-state index in [0.29, 0.717) is 13.1 Å². The Balaban J connectivity index is 1.82. The molecule has 5 heteroatoms. The third-order valence-corrected chi connectivity index (χ3v) is 4.33. The minimum Gasteiger partial charge on any atom is -0.342 e. The third kappa shape index (κ3) is 3.88. The second kappa shape index (κ2) is 6.30. The van der Waals surface area contributed by atoms with E-state index in [1.54, 1.807) is 4.90 Å². The van der Waals surface area contributed by atoms with E-state index in [-0.39, 0.29) is 11.7 Å². The van der Waals surface area contributed by atoms with Gasteiger partial charge >= 0.3 is 0 Å². The number of rotatable bonds is 5. The highest BCUT2D eigenvalue weighted by molar-refractivity contribution is 7.14. The molecular weight excluding hydrogens is 260 g/mol. The molecule has 0 unspecified atom stereocenters. The van der Waals surface area contributed by atoms with Crippen molar-refractivity contribution in [1.29, 1.82) is 0 Å². The summed E-state index contributed by atoms with van der Waals surface area (Å²) >= 11 is 1.51. The van der Waals surface area contributed by atoms with Crippen molar-refractivity contribution in [2.24, 2.45) is 0 Å². The topological polar surface area (TPSA) is 40.6 Å². The summed E-state index contributed by atoms with van der Waals surface area (Å²) in [7, 11) is 1.83. The molecule has 0 radical (unpaired) electrons. The van der Waals surface area contributed by atoms with Crippen molar-refractivity contribution >= 4 is 23.0 Å². The number of hydrogen-bond acceptors (Lipinski definition) is 4. The lowest BCUT2D eigenvalue weighted by molar-refractivity contribution is -0.130. The number of amides is 1. The molecule has 0 spiro atoms. The van der Waals surface area contributed by atoms with Gasteiger partial charge in [0.1, 0.15) is 0 Å². The van der Waals surface area contributed by atoms with Gasteiger partial charge < -0.3 is 4.90 Å². The Bertz CT molecular complexity index is 464. The van der Waals surface area contributed by atoms with Crippen LogP contribution in [0.3, 0.4) is 0 Å². The van der Waals surface area contributed by atoms with Gasteiger partial charge in [-0.1, -0.05) is 0 Å². The average molecular weight is 280 g/mol. The minimum atomic E-state index is 0.0924. The number of likely N-dealkylation sites (tertiary alicyclic amines) is 1. The van der Waals surface area contributed by atoms with E-state index in [1.165, 1.54) is 11.3 Å². The van der Waals surface area contributed by atoms with Gasteiger partial charge in [0.15, 0.2) is 5.78 Å². The van der Waals surface area contributed by atoms with Gasteiger partial charge in [-0.2, -0.15) is 0 Å². The summed E-state index contributed by atoms with van der Waals surface area (Å²) in [5.41, 5.74) is 0. The summed E-state index contributed by atoms with van der Waals surface area (Å²) in [4.78, 5) is 29.6. The molecular formula is C14H20N2O2S. The smallest absolute Gasteiger partial charge is 0.236 e. The second-order valence-electron chi connectivity index (χ2n) is 5.09. The van der Waals surface area contributed by atoms with Gasteiger partial charge in [0, 0.05) is 18.0 Å². The van der Waals surface area contributed by atoms with Gasteiger partial charge in [0.25, 0.3) is 0 Å². The molecule has 1 aromatic rings. The first-order valence-electron chi connectivity index (χ1n) is 6.62. The first-order valence-corrected chi connectivity index (χ1v) is 7.44. The Morgan fingerprint density at radius 2 is 1.95 bits per heavy atom. The van der Waals surface area contributed by atoms with Crippen molar-refractivity contribution < 1.29 is 9.59 Å². The monoisotopic (exact) mass is 280 g/mol. The van der Waals surface area contributed by atoms with E-state index in [4.69, 9.17) is 0 Å². The lowest BCUT2D eigenvalue weighted by Gasteiger charge is -2.20. The van der Waals surface area contributed by atoms with Crippen LogP contribution in [0.5, 0.6) is 0 Å². The molecule has 0 saturated carbocycles. The van der Waals surface area contributed by atoms with Crippen molar-refractivity contribution in [3.63, 3.8) is 0 Å². The van der Waals surface area contributed by atoms with E-state index in [2.05, 4.69) is 0 Å². The van der Waals surface area contributed by atoms with Crippen molar-refractivity contribution in [2.45, 2.75) is 19.8 Å². The summed E-state index contributed by atoms with van der Waals surface area (Å²) in [6.07, 6.45) is 2.20. The molecule has 19 heavy (non-hydrogen) atoms. The van der Waals surface area contributed by atoms with E-state index >= 15 is 0 Å². The average Bonchev–Trinajstić information content (AvgIpc) is 2.98. The van der Waals surface area contributed by atoms with Crippen LogP contribution in [0.15, 0.2) is 12.1 Å². The van der Waals surface area contributed by atoms with Crippen LogP contribution in [0.2, 0.25) is 0 Å². The molecule has 104 valence electrons. The van der Waals surface area contributed by atoms with Crippen LogP contribution < -0.4 is 0 Å². The zero-order valence-corrected chi connectivity index (χ0v) is 12.3. The van der Waals surface area contributed by atoms with Gasteiger partial charge in [-0.3, -0.25) is 14.5 Å². The molecule has 0 atom stereocenters. The Morgan fingerprint density at radius 1 is 1.26 bits per heavy atom. The molecule has 0 aromatic carbocycles. The molecule has 2 heterocycles. The van der Waals surface area contributed by atoms with Crippen LogP contribution in [0.1, 0.15) is 27.4 Å². The minimum absolute atomic E-state index is 0.0924. The van der Waals surface area contributed by atoms with Crippen LogP contribution in [-0.4, -0.2) is 54.7 Å². The lowest BCUT2D eigenvalue weighted by Crippen LogP contribution is -2.39. The highest BCUT2D eigenvalue weighted by atomic mass is 32.1. The molecule has 1 aromatic heterocycles. The highest BCUT2D eigenvalue weighted by Crippen LogP contribution is 2.16. The summed E-state index contributed by atoms with van der Waals surface area (Å²) in [6.45, 7) is 4.35. The van der Waals surface area contributed by atoms with Crippen molar-refractivity contribution in [1.82, 2.24) is 9.80 Å². The predicted molar refractivity (Wildman–Crippen MR) is 76.7 cm³/mol. The molecule has 0 bridgehead atoms.